The lowest BCUT2D eigenvalue weighted by atomic mass is 10.2. The summed E-state index contributed by atoms with van der Waals surface area (Å²) >= 11 is 0. The molecule has 0 spiro atoms. The summed E-state index contributed by atoms with van der Waals surface area (Å²) < 4.78 is 46.7. The van der Waals surface area contributed by atoms with E-state index in [-0.39, 0.29) is 50.9 Å². The van der Waals surface area contributed by atoms with Gasteiger partial charge >= 0.3 is 0 Å². The predicted molar refractivity (Wildman–Crippen MR) is 113 cm³/mol. The molecule has 0 amide bonds. The molecule has 5 rings (SSSR count). The van der Waals surface area contributed by atoms with Crippen LogP contribution in [0.4, 0.5) is 4.39 Å². The average Bonchev–Trinajstić information content (AvgIpc) is 3.22. The number of sulfone groups is 1. The fourth-order valence-corrected chi connectivity index (χ4v) is 4.40. The van der Waals surface area contributed by atoms with Crippen molar-refractivity contribution in [3.63, 3.8) is 0 Å². The van der Waals surface area contributed by atoms with E-state index in [9.17, 15) is 17.6 Å². The predicted octanol–water partition coefficient (Wildman–Crippen LogP) is 2.43. The van der Waals surface area contributed by atoms with Crippen LogP contribution in [0, 0.1) is 0 Å². The minimum atomic E-state index is -3.76. The van der Waals surface area contributed by atoms with Crippen molar-refractivity contribution in [3.05, 3.63) is 29.9 Å². The highest BCUT2D eigenvalue weighted by molar-refractivity contribution is 7.91. The molecule has 4 aromatic rings. The molecule has 0 unspecified atom stereocenters. The van der Waals surface area contributed by atoms with Gasteiger partial charge in [-0.15, -0.1) is 10.2 Å². The third-order valence-corrected chi connectivity index (χ3v) is 7.25. The number of aryl methyl sites for hydroxylation is 1. The number of carbonyl (C=O) groups is 1. The molecule has 4 heterocycles. The summed E-state index contributed by atoms with van der Waals surface area (Å²) in [6, 6.07) is 2.86. The molecular weight excluding hydrogens is 453 g/mol. The molecule has 1 aliphatic rings. The number of pyridine rings is 1. The van der Waals surface area contributed by atoms with E-state index < -0.39 is 15.5 Å². The Kier molecular flexibility index (Phi) is 4.64. The minimum absolute atomic E-state index is 0.0440. The topological polar surface area (TPSA) is 147 Å². The Labute approximate surface area is 187 Å². The van der Waals surface area contributed by atoms with Gasteiger partial charge in [0.1, 0.15) is 16.9 Å². The minimum Gasteiger partial charge on any atom is -0.335 e. The van der Waals surface area contributed by atoms with Crippen molar-refractivity contribution in [2.24, 2.45) is 7.05 Å². The van der Waals surface area contributed by atoms with E-state index >= 15 is 0 Å². The highest BCUT2D eigenvalue weighted by Crippen LogP contribution is 2.49. The average molecular weight is 471 g/mol. The van der Waals surface area contributed by atoms with Gasteiger partial charge in [-0.1, -0.05) is 12.1 Å². The van der Waals surface area contributed by atoms with Crippen LogP contribution in [-0.4, -0.2) is 54.8 Å². The van der Waals surface area contributed by atoms with Gasteiger partial charge in [0.2, 0.25) is 5.82 Å². The maximum atomic E-state index is 14.2. The van der Waals surface area contributed by atoms with E-state index in [4.69, 9.17) is 4.52 Å². The third-order valence-electron chi connectivity index (χ3n) is 5.51. The normalized spacial score (nSPS) is 15.2. The quantitative estimate of drug-likeness (QED) is 0.384. The summed E-state index contributed by atoms with van der Waals surface area (Å²) in [6.45, 7) is 2.88. The first-order valence-electron chi connectivity index (χ1n) is 10.1. The summed E-state index contributed by atoms with van der Waals surface area (Å²) in [5, 5.41) is 11.7. The lowest BCUT2D eigenvalue weighted by Gasteiger charge is -2.09. The third kappa shape index (κ3) is 3.48. The summed E-state index contributed by atoms with van der Waals surface area (Å²) in [4.78, 5) is 24.4. The van der Waals surface area contributed by atoms with Crippen LogP contribution >= 0.6 is 0 Å². The van der Waals surface area contributed by atoms with Crippen LogP contribution < -0.4 is 0 Å². The number of nitrogens with zero attached hydrogens (tertiary/aromatic N) is 7. The SMILES string of the molecule is CCS(=O)(=O)c1cc(-c2noc(C3(F)CC3)n2)cnc1-c1nc2cc(C(C)=O)nnc2n1C. The van der Waals surface area contributed by atoms with Gasteiger partial charge in [0, 0.05) is 25.7 Å². The van der Waals surface area contributed by atoms with Gasteiger partial charge < -0.3 is 9.09 Å². The van der Waals surface area contributed by atoms with E-state index in [0.717, 1.165) is 0 Å². The number of imidazole rings is 1. The molecule has 0 aromatic carbocycles. The smallest absolute Gasteiger partial charge is 0.264 e. The lowest BCUT2D eigenvalue weighted by Crippen LogP contribution is -2.09. The molecule has 1 fully saturated rings. The maximum absolute atomic E-state index is 14.2. The molecule has 11 nitrogen and oxygen atoms in total. The highest BCUT2D eigenvalue weighted by Gasteiger charge is 2.50. The first kappa shape index (κ1) is 21.2. The summed E-state index contributed by atoms with van der Waals surface area (Å²) in [6.07, 6.45) is 1.99. The Morgan fingerprint density at radius 2 is 2.00 bits per heavy atom. The van der Waals surface area contributed by atoms with Gasteiger partial charge in [-0.25, -0.2) is 17.8 Å². The zero-order valence-corrected chi connectivity index (χ0v) is 18.7. The van der Waals surface area contributed by atoms with Gasteiger partial charge in [-0.3, -0.25) is 9.78 Å². The number of hydrogen-bond donors (Lipinski definition) is 0. The van der Waals surface area contributed by atoms with Crippen LogP contribution in [0.1, 0.15) is 43.1 Å². The van der Waals surface area contributed by atoms with Gasteiger partial charge in [0.05, 0.1) is 10.6 Å². The van der Waals surface area contributed by atoms with Crippen molar-refractivity contribution in [3.8, 4) is 22.9 Å². The van der Waals surface area contributed by atoms with Crippen molar-refractivity contribution < 1.29 is 22.1 Å². The van der Waals surface area contributed by atoms with E-state index in [1.54, 1.807) is 11.6 Å². The molecule has 13 heteroatoms. The number of ketones is 1. The zero-order valence-electron chi connectivity index (χ0n) is 17.9. The fraction of sp³-hybridized carbons (Fsp3) is 0.350. The first-order chi connectivity index (χ1) is 15.6. The molecule has 1 aliphatic carbocycles. The summed E-state index contributed by atoms with van der Waals surface area (Å²) in [7, 11) is -2.11. The molecule has 0 N–H and O–H groups in total. The number of alkyl halides is 1. The van der Waals surface area contributed by atoms with Crippen molar-refractivity contribution >= 4 is 26.8 Å². The Hall–Kier alpha value is -3.61. The number of halogens is 1. The Bertz CT molecular complexity index is 1540. The molecule has 0 bridgehead atoms. The number of aromatic nitrogens is 7. The van der Waals surface area contributed by atoms with E-state index in [1.807, 2.05) is 0 Å². The van der Waals surface area contributed by atoms with Gasteiger partial charge in [0.15, 0.2) is 32.8 Å². The molecular formula is C20H18FN7O4S. The Morgan fingerprint density at radius 1 is 1.24 bits per heavy atom. The van der Waals surface area contributed by atoms with Gasteiger partial charge in [-0.2, -0.15) is 4.98 Å². The summed E-state index contributed by atoms with van der Waals surface area (Å²) in [5.41, 5.74) is -0.365. The molecule has 0 radical (unpaired) electrons. The second kappa shape index (κ2) is 7.20. The highest BCUT2D eigenvalue weighted by atomic mass is 32.2. The van der Waals surface area contributed by atoms with Crippen LogP contribution in [0.5, 0.6) is 0 Å². The first-order valence-corrected chi connectivity index (χ1v) is 11.8. The number of hydrogen-bond acceptors (Lipinski definition) is 10. The second-order valence-corrected chi connectivity index (χ2v) is 10.1. The Balaban J connectivity index is 1.67. The molecule has 0 saturated heterocycles. The fourth-order valence-electron chi connectivity index (χ4n) is 3.34. The monoisotopic (exact) mass is 471 g/mol. The maximum Gasteiger partial charge on any atom is 0.264 e. The van der Waals surface area contributed by atoms with Crippen LogP contribution in [0.2, 0.25) is 0 Å². The van der Waals surface area contributed by atoms with Crippen LogP contribution in [0.15, 0.2) is 27.7 Å². The molecule has 4 aromatic heterocycles. The molecule has 0 aliphatic heterocycles. The molecule has 1 saturated carbocycles. The van der Waals surface area contributed by atoms with Crippen molar-refractivity contribution in [1.29, 1.82) is 0 Å². The summed E-state index contributed by atoms with van der Waals surface area (Å²) in [5.74, 6) is -0.310. The molecule has 0 atom stereocenters. The van der Waals surface area contributed by atoms with E-state index in [0.29, 0.717) is 24.0 Å². The zero-order chi connectivity index (χ0) is 23.5. The number of Topliss-reactive ketones (excluding diaryl/α,β-unsaturated/α-hetero) is 1. The van der Waals surface area contributed by atoms with E-state index in [2.05, 4.69) is 30.3 Å². The van der Waals surface area contributed by atoms with Crippen molar-refractivity contribution in [1.82, 2.24) is 34.9 Å². The largest absolute Gasteiger partial charge is 0.335 e. The molecule has 170 valence electrons. The van der Waals surface area contributed by atoms with Crippen molar-refractivity contribution in [2.45, 2.75) is 37.3 Å². The number of fused-ring (bicyclic) bond motifs is 1. The van der Waals surface area contributed by atoms with Crippen LogP contribution in [0.3, 0.4) is 0 Å². The van der Waals surface area contributed by atoms with Gasteiger partial charge in [0.25, 0.3) is 5.89 Å². The lowest BCUT2D eigenvalue weighted by molar-refractivity contribution is 0.101. The van der Waals surface area contributed by atoms with Crippen LogP contribution in [0.25, 0.3) is 34.1 Å². The van der Waals surface area contributed by atoms with Crippen molar-refractivity contribution in [2.75, 3.05) is 5.75 Å². The van der Waals surface area contributed by atoms with E-state index in [1.165, 1.54) is 32.2 Å². The molecule has 33 heavy (non-hydrogen) atoms. The van der Waals surface area contributed by atoms with Gasteiger partial charge in [-0.05, 0) is 25.0 Å². The second-order valence-electron chi connectivity index (χ2n) is 7.85. The number of carbonyl (C=O) groups excluding carboxylic acids is 1. The number of rotatable bonds is 6. The standard InChI is InChI=1S/C20H18FN7O4S/c1-4-33(30,31)14-7-11(16-24-19(32-27-16)20(21)5-6-20)9-22-15(14)18-23-13-8-12(10(2)29)25-26-17(13)28(18)3/h7-9H,4-6H2,1-3H3. The Morgan fingerprint density at radius 3 is 2.67 bits per heavy atom. The van der Waals surface area contributed by atoms with Crippen LogP contribution in [-0.2, 0) is 22.6 Å².